The summed E-state index contributed by atoms with van der Waals surface area (Å²) in [5.74, 6) is -0.717. The molecular formula is C36H22O. The number of para-hydroxylation sites is 1. The van der Waals surface area contributed by atoms with E-state index in [4.69, 9.17) is 23.9 Å². The topological polar surface area (TPSA) is 9.23 Å². The number of hydrogen-bond acceptors (Lipinski definition) is 1. The van der Waals surface area contributed by atoms with Gasteiger partial charge in [0.15, 0.2) is 0 Å². The minimum absolute atomic E-state index is 0.254. The summed E-state index contributed by atoms with van der Waals surface area (Å²) in [5, 5.41) is -3.16. The highest BCUT2D eigenvalue weighted by molar-refractivity contribution is 6.24. The highest BCUT2D eigenvalue weighted by atomic mass is 16.5. The molecule has 0 unspecified atom stereocenters. The maximum Gasteiger partial charge on any atom is 0.135 e. The van der Waals surface area contributed by atoms with Crippen LogP contribution < -0.4 is 4.74 Å². The summed E-state index contributed by atoms with van der Waals surface area (Å²) in [7, 11) is 0. The number of benzene rings is 7. The van der Waals surface area contributed by atoms with Gasteiger partial charge in [-0.25, -0.2) is 0 Å². The molecule has 0 saturated heterocycles. The van der Waals surface area contributed by atoms with Gasteiger partial charge in [-0.1, -0.05) is 115 Å². The maximum atomic E-state index is 9.46. The second-order valence-corrected chi connectivity index (χ2v) is 8.08. The third-order valence-electron chi connectivity index (χ3n) is 6.20. The molecular weight excluding hydrogens is 448 g/mol. The van der Waals surface area contributed by atoms with Crippen LogP contribution in [0.1, 0.15) is 28.8 Å². The molecule has 7 aromatic carbocycles. The molecule has 0 aromatic heterocycles. The van der Waals surface area contributed by atoms with Crippen LogP contribution in [0.2, 0.25) is 0 Å². The van der Waals surface area contributed by atoms with Crippen molar-refractivity contribution in [3.63, 3.8) is 0 Å². The number of hydrogen-bond donors (Lipinski definition) is 0. The summed E-state index contributed by atoms with van der Waals surface area (Å²) in [4.78, 5) is 0. The molecule has 1 aliphatic heterocycles. The molecule has 7 aromatic rings. The summed E-state index contributed by atoms with van der Waals surface area (Å²) in [5.41, 5.74) is -2.96. The highest BCUT2D eigenvalue weighted by Crippen LogP contribution is 2.51. The number of ether oxygens (including phenoxy) is 1. The first-order chi connectivity index (χ1) is 27.1. The average molecular weight is 492 g/mol. The smallest absolute Gasteiger partial charge is 0.135 e. The predicted octanol–water partition coefficient (Wildman–Crippen LogP) is 10.3. The maximum absolute atomic E-state index is 9.46. The minimum Gasteiger partial charge on any atom is -0.456 e. The highest BCUT2D eigenvalue weighted by Gasteiger charge is 2.23. The lowest BCUT2D eigenvalue weighted by molar-refractivity contribution is 0.487. The molecule has 0 aliphatic carbocycles. The first-order valence-corrected chi connectivity index (χ1v) is 11.0. The normalized spacial score (nSPS) is 19.9. The zero-order chi connectivity index (χ0) is 42.6. The van der Waals surface area contributed by atoms with Gasteiger partial charge in [0.2, 0.25) is 0 Å². The molecule has 0 amide bonds. The van der Waals surface area contributed by atoms with Crippen molar-refractivity contribution in [2.45, 2.75) is 0 Å². The molecule has 0 radical (unpaired) electrons. The van der Waals surface area contributed by atoms with Crippen molar-refractivity contribution in [3.05, 3.63) is 133 Å². The van der Waals surface area contributed by atoms with Gasteiger partial charge in [-0.3, -0.25) is 0 Å². The Balaban J connectivity index is 1.78. The van der Waals surface area contributed by atoms with Gasteiger partial charge in [-0.15, -0.1) is 0 Å². The SMILES string of the molecule is [2H]c1cc2c(c([2H])c1[2H])-c1c([2H])c([2H])c([2H])c3c(-c4c5c([2H])c([2H])c([2H])c([2H])c5c(-c5c([2H])c([2H])c([2H])c([2H])c5[2H])c5c([2H])c([2H])c([2H])c([2H])c45)c([2H])c([2H])c(c13)O2. The summed E-state index contributed by atoms with van der Waals surface area (Å²) < 4.78 is 191. The molecule has 0 bridgehead atoms. The van der Waals surface area contributed by atoms with Crippen LogP contribution in [0.4, 0.5) is 0 Å². The van der Waals surface area contributed by atoms with Gasteiger partial charge < -0.3 is 4.74 Å². The molecule has 0 spiro atoms. The Morgan fingerprint density at radius 3 is 1.73 bits per heavy atom. The fourth-order valence-corrected chi connectivity index (χ4v) is 4.73. The van der Waals surface area contributed by atoms with Crippen molar-refractivity contribution < 1.29 is 33.5 Å². The van der Waals surface area contributed by atoms with E-state index in [2.05, 4.69) is 0 Å². The van der Waals surface area contributed by atoms with Crippen molar-refractivity contribution >= 4 is 32.3 Å². The van der Waals surface area contributed by atoms with E-state index in [1.165, 1.54) is 0 Å². The van der Waals surface area contributed by atoms with Crippen molar-refractivity contribution in [1.82, 2.24) is 0 Å². The molecule has 172 valence electrons. The van der Waals surface area contributed by atoms with Gasteiger partial charge in [-0.2, -0.15) is 0 Å². The van der Waals surface area contributed by atoms with E-state index >= 15 is 0 Å². The van der Waals surface area contributed by atoms with Crippen molar-refractivity contribution in [1.29, 1.82) is 0 Å². The second kappa shape index (κ2) is 7.81. The van der Waals surface area contributed by atoms with E-state index in [0.29, 0.717) is 0 Å². The minimum atomic E-state index is -0.891. The van der Waals surface area contributed by atoms with Crippen LogP contribution in [0.3, 0.4) is 0 Å². The monoisotopic (exact) mass is 491 g/mol. The third-order valence-corrected chi connectivity index (χ3v) is 6.20. The summed E-state index contributed by atoms with van der Waals surface area (Å²) >= 11 is 0. The van der Waals surface area contributed by atoms with Gasteiger partial charge in [0.1, 0.15) is 11.5 Å². The van der Waals surface area contributed by atoms with E-state index in [1.807, 2.05) is 0 Å². The van der Waals surface area contributed by atoms with Crippen LogP contribution in [0, 0.1) is 0 Å². The Kier molecular flexibility index (Phi) is 1.82. The molecule has 1 nitrogen and oxygen atoms in total. The van der Waals surface area contributed by atoms with Crippen molar-refractivity contribution in [3.8, 4) is 44.9 Å². The molecule has 1 aliphatic rings. The Hall–Kier alpha value is -4.88. The van der Waals surface area contributed by atoms with Crippen LogP contribution in [0.25, 0.3) is 65.7 Å². The molecule has 0 atom stereocenters. The number of rotatable bonds is 2. The summed E-state index contributed by atoms with van der Waals surface area (Å²) in [6.45, 7) is 0. The van der Waals surface area contributed by atoms with E-state index in [9.17, 15) is 9.60 Å². The van der Waals surface area contributed by atoms with Crippen LogP contribution in [0.15, 0.2) is 133 Å². The number of fused-ring (bicyclic) bond motifs is 4. The Bertz CT molecular complexity index is 3050. The molecule has 37 heavy (non-hydrogen) atoms. The van der Waals surface area contributed by atoms with Crippen LogP contribution in [-0.2, 0) is 0 Å². The standard InChI is InChI=1S/C36H22O/c1-2-11-23(12-3-1)34-26-14-4-6-16-28(26)35(29-17-7-5-15-27(29)34)31-21-22-33-36-25(18-10-19-30(31)36)24-13-8-9-20-32(24)37-33/h1-22H/i1D,2D,3D,4D,5D,6D,7D,8D,9D,10D,11D,12D,13D,14D,15D,16D,17D,18D,19D,21D,22D. The van der Waals surface area contributed by atoms with Gasteiger partial charge in [-0.05, 0) is 72.9 Å². The Morgan fingerprint density at radius 1 is 0.405 bits per heavy atom. The first kappa shape index (κ1) is 8.61. The van der Waals surface area contributed by atoms with Gasteiger partial charge in [0, 0.05) is 10.9 Å². The van der Waals surface area contributed by atoms with Crippen molar-refractivity contribution in [2.75, 3.05) is 0 Å². The lowest BCUT2D eigenvalue weighted by Crippen LogP contribution is -1.98. The van der Waals surface area contributed by atoms with E-state index in [0.717, 1.165) is 6.07 Å². The molecule has 1 heterocycles. The molecule has 0 N–H and O–H groups in total. The lowest BCUT2D eigenvalue weighted by atomic mass is 9.83. The van der Waals surface area contributed by atoms with E-state index < -0.39 is 182 Å². The Morgan fingerprint density at radius 2 is 1.00 bits per heavy atom. The summed E-state index contributed by atoms with van der Waals surface area (Å²) in [6.07, 6.45) is 0. The first-order valence-electron chi connectivity index (χ1n) is 21.5. The molecule has 0 fully saturated rings. The zero-order valence-electron chi connectivity index (χ0n) is 39.5. The van der Waals surface area contributed by atoms with Crippen LogP contribution in [0.5, 0.6) is 11.5 Å². The Labute approximate surface area is 244 Å². The molecule has 1 heteroatoms. The van der Waals surface area contributed by atoms with Crippen LogP contribution in [-0.4, -0.2) is 0 Å². The van der Waals surface area contributed by atoms with Crippen molar-refractivity contribution in [2.24, 2.45) is 0 Å². The lowest BCUT2D eigenvalue weighted by Gasteiger charge is -2.24. The molecule has 8 rings (SSSR count). The van der Waals surface area contributed by atoms with E-state index in [1.54, 1.807) is 0 Å². The second-order valence-electron chi connectivity index (χ2n) is 8.08. The summed E-state index contributed by atoms with van der Waals surface area (Å²) in [6, 6.07) is -15.8. The van der Waals surface area contributed by atoms with Gasteiger partial charge in [0.05, 0.1) is 28.8 Å². The molecule has 0 saturated carbocycles. The largest absolute Gasteiger partial charge is 0.456 e. The van der Waals surface area contributed by atoms with Gasteiger partial charge in [0.25, 0.3) is 0 Å². The zero-order valence-corrected chi connectivity index (χ0v) is 18.5. The quantitative estimate of drug-likeness (QED) is 0.219. The predicted molar refractivity (Wildman–Crippen MR) is 155 cm³/mol. The fraction of sp³-hybridized carbons (Fsp3) is 0. The van der Waals surface area contributed by atoms with Crippen LogP contribution >= 0.6 is 0 Å². The average Bonchev–Trinajstić information content (AvgIpc) is 3.19. The van der Waals surface area contributed by atoms with Gasteiger partial charge >= 0.3 is 0 Å². The van der Waals surface area contributed by atoms with E-state index in [-0.39, 0.29) is 22.3 Å². The fourth-order valence-electron chi connectivity index (χ4n) is 4.73. The third kappa shape index (κ3) is 2.92.